The van der Waals surface area contributed by atoms with E-state index in [1.165, 1.54) is 10.8 Å². The molecule has 0 bridgehead atoms. The van der Waals surface area contributed by atoms with Gasteiger partial charge in [-0.25, -0.2) is 0 Å². The van der Waals surface area contributed by atoms with E-state index in [-0.39, 0.29) is 0 Å². The highest BCUT2D eigenvalue weighted by atomic mass is 16.3. The fraction of sp³-hybridized carbons (Fsp3) is 0. The Balaban J connectivity index is 1.59. The molecular weight excluding hydrogens is 344 g/mol. The second-order valence-corrected chi connectivity index (χ2v) is 7.00. The van der Waals surface area contributed by atoms with Gasteiger partial charge in [-0.2, -0.15) is 0 Å². The van der Waals surface area contributed by atoms with Gasteiger partial charge in [-0.05, 0) is 47.2 Å². The van der Waals surface area contributed by atoms with Crippen LogP contribution in [0.4, 0.5) is 0 Å². The third kappa shape index (κ3) is 2.28. The first-order valence-corrected chi connectivity index (χ1v) is 9.36. The van der Waals surface area contributed by atoms with Crippen molar-refractivity contribution in [2.45, 2.75) is 0 Å². The van der Waals surface area contributed by atoms with Crippen molar-refractivity contribution in [1.29, 1.82) is 0 Å². The van der Waals surface area contributed by atoms with Crippen molar-refractivity contribution in [2.75, 3.05) is 0 Å². The largest absolute Gasteiger partial charge is 0.456 e. The predicted molar refractivity (Wildman–Crippen MR) is 114 cm³/mol. The number of fused-ring (bicyclic) bond motifs is 5. The number of hydrogen-bond acceptors (Lipinski definition) is 2. The summed E-state index contributed by atoms with van der Waals surface area (Å²) in [6.45, 7) is 0. The number of hydrogen-bond donors (Lipinski definition) is 0. The van der Waals surface area contributed by atoms with Crippen LogP contribution in [0.15, 0.2) is 106 Å². The fourth-order valence-electron chi connectivity index (χ4n) is 3.94. The van der Waals surface area contributed by atoms with Gasteiger partial charge in [0.2, 0.25) is 0 Å². The van der Waals surface area contributed by atoms with E-state index in [9.17, 15) is 0 Å². The maximum Gasteiger partial charge on any atom is 0.135 e. The average Bonchev–Trinajstić information content (AvgIpc) is 3.39. The van der Waals surface area contributed by atoms with Crippen LogP contribution in [-0.2, 0) is 0 Å². The molecule has 0 saturated heterocycles. The van der Waals surface area contributed by atoms with E-state index < -0.39 is 0 Å². The molecule has 0 radical (unpaired) electrons. The lowest BCUT2D eigenvalue weighted by molar-refractivity contribution is 0.631. The molecule has 0 aliphatic heterocycles. The standard InChI is InChI=1S/C26H16O2/c1-3-7-17(8-4-1)25-15-21-19-12-14-24-22(20(19)11-13-23(21)27-25)16-26(28-24)18-9-5-2-6-10-18/h1-16H. The topological polar surface area (TPSA) is 26.3 Å². The van der Waals surface area contributed by atoms with Gasteiger partial charge in [0.1, 0.15) is 22.7 Å². The Labute approximate surface area is 161 Å². The van der Waals surface area contributed by atoms with Crippen LogP contribution in [-0.4, -0.2) is 0 Å². The second-order valence-electron chi connectivity index (χ2n) is 7.00. The summed E-state index contributed by atoms with van der Waals surface area (Å²) in [7, 11) is 0. The number of benzene rings is 4. The van der Waals surface area contributed by atoms with Crippen LogP contribution in [0.2, 0.25) is 0 Å². The van der Waals surface area contributed by atoms with Gasteiger partial charge in [-0.15, -0.1) is 0 Å². The van der Waals surface area contributed by atoms with Gasteiger partial charge in [0.25, 0.3) is 0 Å². The van der Waals surface area contributed by atoms with E-state index in [4.69, 9.17) is 8.83 Å². The summed E-state index contributed by atoms with van der Waals surface area (Å²) < 4.78 is 12.3. The Hall–Kier alpha value is -3.78. The highest BCUT2D eigenvalue weighted by Crippen LogP contribution is 2.38. The molecule has 4 aromatic carbocycles. The highest BCUT2D eigenvalue weighted by molar-refractivity contribution is 6.16. The molecule has 6 rings (SSSR count). The number of furan rings is 2. The Morgan fingerprint density at radius 1 is 0.393 bits per heavy atom. The van der Waals surface area contributed by atoms with Gasteiger partial charge in [-0.3, -0.25) is 0 Å². The van der Waals surface area contributed by atoms with Gasteiger partial charge in [0.05, 0.1) is 0 Å². The van der Waals surface area contributed by atoms with Crippen LogP contribution in [0.25, 0.3) is 55.4 Å². The van der Waals surface area contributed by atoms with Gasteiger partial charge in [-0.1, -0.05) is 60.7 Å². The van der Waals surface area contributed by atoms with Gasteiger partial charge in [0.15, 0.2) is 0 Å². The summed E-state index contributed by atoms with van der Waals surface area (Å²) in [5.41, 5.74) is 3.97. The molecule has 0 aliphatic carbocycles. The quantitative estimate of drug-likeness (QED) is 0.317. The fourth-order valence-corrected chi connectivity index (χ4v) is 3.94. The SMILES string of the molecule is c1ccc(-c2cc3c(ccc4c5cc(-c6ccccc6)oc5ccc34)o2)cc1. The van der Waals surface area contributed by atoms with Gasteiger partial charge in [0, 0.05) is 21.9 Å². The number of rotatable bonds is 2. The van der Waals surface area contributed by atoms with Gasteiger partial charge >= 0.3 is 0 Å². The molecule has 0 atom stereocenters. The minimum atomic E-state index is 0.889. The first-order valence-electron chi connectivity index (χ1n) is 9.36. The molecular formula is C26H16O2. The summed E-state index contributed by atoms with van der Waals surface area (Å²) >= 11 is 0. The smallest absolute Gasteiger partial charge is 0.135 e. The monoisotopic (exact) mass is 360 g/mol. The molecule has 28 heavy (non-hydrogen) atoms. The van der Waals surface area contributed by atoms with E-state index in [2.05, 4.69) is 60.7 Å². The van der Waals surface area contributed by atoms with Crippen LogP contribution < -0.4 is 0 Å². The molecule has 0 fully saturated rings. The van der Waals surface area contributed by atoms with Crippen LogP contribution >= 0.6 is 0 Å². The summed E-state index contributed by atoms with van der Waals surface area (Å²) in [6, 6.07) is 33.1. The van der Waals surface area contributed by atoms with E-state index in [1.807, 2.05) is 36.4 Å². The van der Waals surface area contributed by atoms with Crippen molar-refractivity contribution >= 4 is 32.7 Å². The lowest BCUT2D eigenvalue weighted by atomic mass is 10.0. The molecule has 2 heterocycles. The maximum atomic E-state index is 6.13. The lowest BCUT2D eigenvalue weighted by Crippen LogP contribution is -1.74. The van der Waals surface area contributed by atoms with E-state index in [1.54, 1.807) is 0 Å². The van der Waals surface area contributed by atoms with Crippen LogP contribution in [0.3, 0.4) is 0 Å². The maximum absolute atomic E-state index is 6.13. The summed E-state index contributed by atoms with van der Waals surface area (Å²) in [4.78, 5) is 0. The predicted octanol–water partition coefficient (Wildman–Crippen LogP) is 7.67. The van der Waals surface area contributed by atoms with Crippen molar-refractivity contribution in [2.24, 2.45) is 0 Å². The lowest BCUT2D eigenvalue weighted by Gasteiger charge is -1.99. The summed E-state index contributed by atoms with van der Waals surface area (Å²) in [6.07, 6.45) is 0. The van der Waals surface area contributed by atoms with E-state index in [0.29, 0.717) is 0 Å². The van der Waals surface area contributed by atoms with Crippen LogP contribution in [0.5, 0.6) is 0 Å². The minimum absolute atomic E-state index is 0.889. The van der Waals surface area contributed by atoms with E-state index >= 15 is 0 Å². The Bertz CT molecular complexity index is 1320. The molecule has 0 saturated carbocycles. The Kier molecular flexibility index (Phi) is 3.20. The van der Waals surface area contributed by atoms with Crippen LogP contribution in [0, 0.1) is 0 Å². The van der Waals surface area contributed by atoms with Gasteiger partial charge < -0.3 is 8.83 Å². The molecule has 132 valence electrons. The van der Waals surface area contributed by atoms with Crippen molar-refractivity contribution in [1.82, 2.24) is 0 Å². The van der Waals surface area contributed by atoms with Crippen LogP contribution in [0.1, 0.15) is 0 Å². The molecule has 2 nitrogen and oxygen atoms in total. The molecule has 0 aliphatic rings. The molecule has 0 N–H and O–H groups in total. The van der Waals surface area contributed by atoms with Crippen molar-refractivity contribution < 1.29 is 8.83 Å². The molecule has 6 aromatic rings. The average molecular weight is 360 g/mol. The summed E-state index contributed by atoms with van der Waals surface area (Å²) in [5.74, 6) is 1.78. The highest BCUT2D eigenvalue weighted by Gasteiger charge is 2.13. The molecule has 0 spiro atoms. The third-order valence-electron chi connectivity index (χ3n) is 5.31. The van der Waals surface area contributed by atoms with Crippen molar-refractivity contribution in [3.8, 4) is 22.6 Å². The zero-order valence-corrected chi connectivity index (χ0v) is 15.1. The minimum Gasteiger partial charge on any atom is -0.456 e. The normalized spacial score (nSPS) is 11.6. The first kappa shape index (κ1) is 15.3. The molecule has 2 aromatic heterocycles. The molecule has 2 heteroatoms. The zero-order valence-electron chi connectivity index (χ0n) is 15.1. The molecule has 0 unspecified atom stereocenters. The van der Waals surface area contributed by atoms with Crippen molar-refractivity contribution in [3.05, 3.63) is 97.1 Å². The second kappa shape index (κ2) is 5.86. The zero-order chi connectivity index (χ0) is 18.5. The third-order valence-corrected chi connectivity index (χ3v) is 5.31. The summed E-state index contributed by atoms with van der Waals surface area (Å²) in [5, 5.41) is 4.61. The first-order chi connectivity index (χ1) is 13.9. The Morgan fingerprint density at radius 3 is 1.25 bits per heavy atom. The Morgan fingerprint density at radius 2 is 0.821 bits per heavy atom. The van der Waals surface area contributed by atoms with Crippen molar-refractivity contribution in [3.63, 3.8) is 0 Å². The molecule has 0 amide bonds. The van der Waals surface area contributed by atoms with E-state index in [0.717, 1.165) is 44.6 Å².